The van der Waals surface area contributed by atoms with Crippen LogP contribution in [0.4, 0.5) is 30.2 Å². The van der Waals surface area contributed by atoms with Crippen LogP contribution in [0.25, 0.3) is 55.0 Å². The first kappa shape index (κ1) is 28.0. The van der Waals surface area contributed by atoms with E-state index in [0.29, 0.717) is 5.69 Å². The van der Waals surface area contributed by atoms with Crippen molar-refractivity contribution in [1.29, 1.82) is 0 Å². The largest absolute Gasteiger partial charge is 0.310 e. The van der Waals surface area contributed by atoms with Crippen molar-refractivity contribution in [3.05, 3.63) is 175 Å². The van der Waals surface area contributed by atoms with E-state index in [1.54, 1.807) is 30.3 Å². The summed E-state index contributed by atoms with van der Waals surface area (Å²) in [6, 6.07) is 48.3. The molecule has 0 N–H and O–H groups in total. The minimum atomic E-state index is -0.359. The topological polar surface area (TPSA) is 13.1 Å². The highest BCUT2D eigenvalue weighted by Crippen LogP contribution is 2.42. The molecule has 7 aromatic carbocycles. The summed E-state index contributed by atoms with van der Waals surface area (Å²) in [4.78, 5) is 2.02. The third kappa shape index (κ3) is 4.45. The maximum Gasteiger partial charge on any atom is 0.125 e. The van der Waals surface area contributed by atoms with Crippen LogP contribution >= 0.6 is 0 Å². The van der Waals surface area contributed by atoms with Crippen LogP contribution in [0.5, 0.6) is 0 Å². The van der Waals surface area contributed by atoms with Gasteiger partial charge in [0.1, 0.15) is 17.5 Å². The van der Waals surface area contributed by atoms with Gasteiger partial charge in [-0.2, -0.15) is 0 Å². The molecule has 0 saturated heterocycles. The van der Waals surface area contributed by atoms with Gasteiger partial charge in [-0.05, 0) is 103 Å². The number of halogens is 3. The smallest absolute Gasteiger partial charge is 0.125 e. The van der Waals surface area contributed by atoms with E-state index in [2.05, 4.69) is 21.3 Å². The predicted molar refractivity (Wildman–Crippen MR) is 190 cm³/mol. The molecule has 0 radical (unpaired) electrons. The zero-order valence-electron chi connectivity index (χ0n) is 25.5. The van der Waals surface area contributed by atoms with Crippen LogP contribution in [0.3, 0.4) is 0 Å². The first-order valence-corrected chi connectivity index (χ1v) is 15.7. The fraction of sp³-hybridized carbons (Fsp3) is 0. The number of para-hydroxylation sites is 2. The monoisotopic (exact) mass is 629 g/mol. The molecule has 0 spiro atoms. The molecule has 9 rings (SSSR count). The fourth-order valence-electron chi connectivity index (χ4n) is 7.01. The van der Waals surface area contributed by atoms with E-state index in [9.17, 15) is 13.2 Å². The van der Waals surface area contributed by atoms with E-state index in [0.717, 1.165) is 66.4 Å². The van der Waals surface area contributed by atoms with Crippen molar-refractivity contribution in [2.45, 2.75) is 0 Å². The number of anilines is 3. The molecule has 2 aromatic heterocycles. The number of nitrogens with zero attached hydrogens (tertiary/aromatic N) is 3. The minimum Gasteiger partial charge on any atom is -0.310 e. The van der Waals surface area contributed by atoms with Crippen LogP contribution in [0, 0.1) is 17.5 Å². The van der Waals surface area contributed by atoms with E-state index in [-0.39, 0.29) is 17.5 Å². The summed E-state index contributed by atoms with van der Waals surface area (Å²) < 4.78 is 48.3. The Kier molecular flexibility index (Phi) is 6.37. The Morgan fingerprint density at radius 2 is 0.792 bits per heavy atom. The summed E-state index contributed by atoms with van der Waals surface area (Å²) in [5.74, 6) is -0.966. The highest BCUT2D eigenvalue weighted by molar-refractivity contribution is 6.12. The molecular weight excluding hydrogens is 603 g/mol. The lowest BCUT2D eigenvalue weighted by molar-refractivity contribution is 0.628. The van der Waals surface area contributed by atoms with Gasteiger partial charge in [-0.1, -0.05) is 54.6 Å². The lowest BCUT2D eigenvalue weighted by Crippen LogP contribution is -2.10. The van der Waals surface area contributed by atoms with Crippen LogP contribution in [-0.4, -0.2) is 9.13 Å². The van der Waals surface area contributed by atoms with Crippen LogP contribution < -0.4 is 4.90 Å². The zero-order valence-corrected chi connectivity index (χ0v) is 25.5. The SMILES string of the molecule is Fc1cccc(N(c2ccc3c4cc(F)ccc4n(-c4ccccc4)c3c2)c2ccc3c4cc(F)ccc4n(-c4ccccc4)c3c2)c1. The average molecular weight is 630 g/mol. The number of hydrogen-bond acceptors (Lipinski definition) is 1. The van der Waals surface area contributed by atoms with Gasteiger partial charge in [-0.25, -0.2) is 13.2 Å². The molecule has 0 unspecified atom stereocenters. The van der Waals surface area contributed by atoms with Crippen molar-refractivity contribution in [1.82, 2.24) is 9.13 Å². The summed E-state index contributed by atoms with van der Waals surface area (Å²) in [5.41, 5.74) is 7.64. The van der Waals surface area contributed by atoms with Gasteiger partial charge >= 0.3 is 0 Å². The van der Waals surface area contributed by atoms with Gasteiger partial charge in [-0.15, -0.1) is 0 Å². The van der Waals surface area contributed by atoms with Gasteiger partial charge in [0.05, 0.1) is 22.1 Å². The molecule has 0 aliphatic carbocycles. The molecule has 230 valence electrons. The van der Waals surface area contributed by atoms with Crippen molar-refractivity contribution in [2.24, 2.45) is 0 Å². The first-order valence-electron chi connectivity index (χ1n) is 15.7. The van der Waals surface area contributed by atoms with Gasteiger partial charge in [0.2, 0.25) is 0 Å². The molecule has 0 fully saturated rings. The third-order valence-electron chi connectivity index (χ3n) is 9.04. The van der Waals surface area contributed by atoms with Crippen molar-refractivity contribution >= 4 is 60.7 Å². The molecule has 0 saturated carbocycles. The van der Waals surface area contributed by atoms with Crippen LogP contribution in [0.1, 0.15) is 0 Å². The molecular formula is C42H26F3N3. The summed E-state index contributed by atoms with van der Waals surface area (Å²) in [5, 5.41) is 3.41. The second-order valence-corrected chi connectivity index (χ2v) is 11.9. The quantitative estimate of drug-likeness (QED) is 0.185. The number of rotatable bonds is 5. The van der Waals surface area contributed by atoms with Crippen molar-refractivity contribution < 1.29 is 13.2 Å². The Morgan fingerprint density at radius 3 is 1.27 bits per heavy atom. The second-order valence-electron chi connectivity index (χ2n) is 11.9. The van der Waals surface area contributed by atoms with Crippen LogP contribution in [0.2, 0.25) is 0 Å². The summed E-state index contributed by atoms with van der Waals surface area (Å²) in [7, 11) is 0. The second kappa shape index (κ2) is 10.9. The first-order chi connectivity index (χ1) is 23.5. The molecule has 0 bridgehead atoms. The molecule has 3 nitrogen and oxygen atoms in total. The molecule has 0 atom stereocenters. The minimum absolute atomic E-state index is 0.304. The molecule has 48 heavy (non-hydrogen) atoms. The zero-order chi connectivity index (χ0) is 32.4. The predicted octanol–water partition coefficient (Wildman–Crippen LogP) is 11.8. The summed E-state index contributed by atoms with van der Waals surface area (Å²) in [6.07, 6.45) is 0. The van der Waals surface area contributed by atoms with Crippen LogP contribution in [0.15, 0.2) is 158 Å². The third-order valence-corrected chi connectivity index (χ3v) is 9.04. The Balaban J connectivity index is 1.33. The maximum absolute atomic E-state index is 14.9. The van der Waals surface area contributed by atoms with Crippen molar-refractivity contribution in [2.75, 3.05) is 4.90 Å². The number of hydrogen-bond donors (Lipinski definition) is 0. The average Bonchev–Trinajstić information content (AvgIpc) is 3.60. The van der Waals surface area contributed by atoms with E-state index in [1.807, 2.05) is 95.9 Å². The van der Waals surface area contributed by atoms with E-state index >= 15 is 0 Å². The van der Waals surface area contributed by atoms with Crippen molar-refractivity contribution in [3.8, 4) is 11.4 Å². The Morgan fingerprint density at radius 1 is 0.333 bits per heavy atom. The Hall–Kier alpha value is -6.27. The molecule has 0 aliphatic rings. The Bertz CT molecular complexity index is 2490. The normalized spacial score (nSPS) is 11.6. The summed E-state index contributed by atoms with van der Waals surface area (Å²) >= 11 is 0. The lowest BCUT2D eigenvalue weighted by Gasteiger charge is -2.26. The van der Waals surface area contributed by atoms with Crippen LogP contribution in [-0.2, 0) is 0 Å². The number of fused-ring (bicyclic) bond motifs is 6. The highest BCUT2D eigenvalue weighted by atomic mass is 19.1. The molecule has 0 amide bonds. The van der Waals surface area contributed by atoms with E-state index in [1.165, 1.54) is 24.3 Å². The van der Waals surface area contributed by atoms with Gasteiger partial charge in [0, 0.05) is 50.0 Å². The van der Waals surface area contributed by atoms with E-state index < -0.39 is 0 Å². The lowest BCUT2D eigenvalue weighted by atomic mass is 10.1. The van der Waals surface area contributed by atoms with Gasteiger partial charge in [0.25, 0.3) is 0 Å². The summed E-state index contributed by atoms with van der Waals surface area (Å²) in [6.45, 7) is 0. The highest BCUT2D eigenvalue weighted by Gasteiger charge is 2.20. The maximum atomic E-state index is 14.9. The fourth-order valence-corrected chi connectivity index (χ4v) is 7.01. The standard InChI is InChI=1S/C42H26F3N3/c43-27-8-7-13-32(22-27)46(33-16-18-35-37-23-28(44)14-20-39(37)47(41(35)25-33)30-9-3-1-4-10-30)34-17-19-36-38-24-29(45)15-21-40(38)48(42(36)26-34)31-11-5-2-6-12-31/h1-26H. The molecule has 9 aromatic rings. The Labute approximate surface area is 273 Å². The van der Waals surface area contributed by atoms with Gasteiger partial charge in [-0.3, -0.25) is 0 Å². The molecule has 2 heterocycles. The molecule has 0 aliphatic heterocycles. The van der Waals surface area contributed by atoms with Gasteiger partial charge < -0.3 is 14.0 Å². The van der Waals surface area contributed by atoms with Crippen molar-refractivity contribution in [3.63, 3.8) is 0 Å². The van der Waals surface area contributed by atoms with Gasteiger partial charge in [0.15, 0.2) is 0 Å². The number of aromatic nitrogens is 2. The van der Waals surface area contributed by atoms with E-state index in [4.69, 9.17) is 0 Å². The number of benzene rings is 7. The molecule has 6 heteroatoms.